The number of hydrogen-bond acceptors (Lipinski definition) is 1. The van der Waals surface area contributed by atoms with E-state index < -0.39 is 11.6 Å². The van der Waals surface area contributed by atoms with Crippen molar-refractivity contribution < 1.29 is 8.78 Å². The third-order valence-corrected chi connectivity index (χ3v) is 3.74. The maximum atomic E-state index is 13.5. The van der Waals surface area contributed by atoms with Crippen molar-refractivity contribution in [2.75, 3.05) is 0 Å². The first-order chi connectivity index (χ1) is 8.15. The van der Waals surface area contributed by atoms with E-state index in [-0.39, 0.29) is 5.52 Å². The zero-order valence-corrected chi connectivity index (χ0v) is 9.63. The van der Waals surface area contributed by atoms with Crippen LogP contribution in [0.15, 0.2) is 12.1 Å². The van der Waals surface area contributed by atoms with Crippen LogP contribution in [0.2, 0.25) is 0 Å². The fourth-order valence-electron chi connectivity index (χ4n) is 2.79. The summed E-state index contributed by atoms with van der Waals surface area (Å²) in [6.45, 7) is 2.18. The molecule has 1 saturated carbocycles. The van der Waals surface area contributed by atoms with Gasteiger partial charge in [0.1, 0.15) is 17.2 Å². The molecule has 2 atom stereocenters. The van der Waals surface area contributed by atoms with Crippen molar-refractivity contribution in [3.63, 3.8) is 0 Å². The van der Waals surface area contributed by atoms with Gasteiger partial charge < -0.3 is 4.98 Å². The summed E-state index contributed by atoms with van der Waals surface area (Å²) >= 11 is 0. The number of nitrogens with one attached hydrogen (secondary N) is 1. The normalized spacial score (nSPS) is 24.6. The summed E-state index contributed by atoms with van der Waals surface area (Å²) in [6, 6.07) is 2.18. The van der Waals surface area contributed by atoms with E-state index in [2.05, 4.69) is 16.9 Å². The molecule has 1 aromatic heterocycles. The number of rotatable bonds is 1. The molecular formula is C13H14F2N2. The van der Waals surface area contributed by atoms with Gasteiger partial charge in [0.25, 0.3) is 0 Å². The highest BCUT2D eigenvalue weighted by molar-refractivity contribution is 5.75. The van der Waals surface area contributed by atoms with Gasteiger partial charge in [-0.15, -0.1) is 0 Å². The molecule has 2 nitrogen and oxygen atoms in total. The molecule has 1 N–H and O–H groups in total. The van der Waals surface area contributed by atoms with E-state index in [1.165, 1.54) is 18.9 Å². The van der Waals surface area contributed by atoms with Gasteiger partial charge in [-0.25, -0.2) is 13.8 Å². The summed E-state index contributed by atoms with van der Waals surface area (Å²) in [5, 5.41) is 0. The molecule has 2 aromatic rings. The zero-order chi connectivity index (χ0) is 12.0. The van der Waals surface area contributed by atoms with Crippen molar-refractivity contribution in [1.82, 2.24) is 9.97 Å². The van der Waals surface area contributed by atoms with Crippen molar-refractivity contribution in [2.24, 2.45) is 5.92 Å². The summed E-state index contributed by atoms with van der Waals surface area (Å²) in [5.74, 6) is 0.556. The van der Waals surface area contributed by atoms with Gasteiger partial charge in [-0.05, 0) is 24.8 Å². The lowest BCUT2D eigenvalue weighted by Gasteiger charge is -2.11. The van der Waals surface area contributed by atoms with Gasteiger partial charge in [0, 0.05) is 12.0 Å². The Hall–Kier alpha value is -1.45. The van der Waals surface area contributed by atoms with Crippen LogP contribution in [0.25, 0.3) is 11.0 Å². The highest BCUT2D eigenvalue weighted by Crippen LogP contribution is 2.38. The lowest BCUT2D eigenvalue weighted by atomic mass is 9.98. The summed E-state index contributed by atoms with van der Waals surface area (Å²) < 4.78 is 26.6. The van der Waals surface area contributed by atoms with E-state index in [1.807, 2.05) is 0 Å². The van der Waals surface area contributed by atoms with Crippen LogP contribution in [-0.2, 0) is 0 Å². The molecule has 0 amide bonds. The molecule has 17 heavy (non-hydrogen) atoms. The molecule has 1 fully saturated rings. The van der Waals surface area contributed by atoms with Crippen LogP contribution in [-0.4, -0.2) is 9.97 Å². The highest BCUT2D eigenvalue weighted by atomic mass is 19.1. The standard InChI is InChI=1S/C13H14F2N2/c1-7-3-2-4-9(7)13-16-11-6-8(14)5-10(15)12(11)17-13/h5-7,9H,2-4H2,1H3,(H,16,17). The van der Waals surface area contributed by atoms with E-state index in [9.17, 15) is 8.78 Å². The maximum absolute atomic E-state index is 13.5. The second-order valence-electron chi connectivity index (χ2n) is 4.92. The fraction of sp³-hybridized carbons (Fsp3) is 0.462. The minimum absolute atomic E-state index is 0.250. The number of imidazole rings is 1. The van der Waals surface area contributed by atoms with Gasteiger partial charge in [0.05, 0.1) is 5.52 Å². The van der Waals surface area contributed by atoms with Crippen LogP contribution in [0.1, 0.15) is 37.9 Å². The van der Waals surface area contributed by atoms with Crippen LogP contribution in [0.3, 0.4) is 0 Å². The van der Waals surface area contributed by atoms with Crippen LogP contribution < -0.4 is 0 Å². The van der Waals surface area contributed by atoms with Crippen molar-refractivity contribution in [3.8, 4) is 0 Å². The predicted molar refractivity (Wildman–Crippen MR) is 61.8 cm³/mol. The van der Waals surface area contributed by atoms with Crippen LogP contribution in [0.4, 0.5) is 8.78 Å². The van der Waals surface area contributed by atoms with Crippen molar-refractivity contribution in [3.05, 3.63) is 29.6 Å². The summed E-state index contributed by atoms with van der Waals surface area (Å²) in [6.07, 6.45) is 3.43. The Kier molecular flexibility index (Phi) is 2.38. The highest BCUT2D eigenvalue weighted by Gasteiger charge is 2.27. The summed E-state index contributed by atoms with van der Waals surface area (Å²) in [7, 11) is 0. The van der Waals surface area contributed by atoms with E-state index >= 15 is 0 Å². The van der Waals surface area contributed by atoms with Gasteiger partial charge in [-0.3, -0.25) is 0 Å². The second kappa shape index (κ2) is 3.79. The van der Waals surface area contributed by atoms with Crippen LogP contribution in [0, 0.1) is 17.6 Å². The number of hydrogen-bond donors (Lipinski definition) is 1. The number of fused-ring (bicyclic) bond motifs is 1. The number of aromatic amines is 1. The molecule has 3 rings (SSSR count). The van der Waals surface area contributed by atoms with E-state index in [0.717, 1.165) is 18.3 Å². The first-order valence-corrected chi connectivity index (χ1v) is 6.00. The first-order valence-electron chi connectivity index (χ1n) is 6.00. The Balaban J connectivity index is 2.10. The molecule has 0 saturated heterocycles. The van der Waals surface area contributed by atoms with Crippen molar-refractivity contribution >= 4 is 11.0 Å². The maximum Gasteiger partial charge on any atom is 0.153 e. The molecule has 1 aliphatic carbocycles. The van der Waals surface area contributed by atoms with E-state index in [4.69, 9.17) is 0 Å². The van der Waals surface area contributed by atoms with Gasteiger partial charge in [0.15, 0.2) is 5.82 Å². The molecule has 0 radical (unpaired) electrons. The van der Waals surface area contributed by atoms with Gasteiger partial charge in [-0.1, -0.05) is 13.3 Å². The molecule has 4 heteroatoms. The number of aromatic nitrogens is 2. The third-order valence-electron chi connectivity index (χ3n) is 3.74. The molecule has 0 aliphatic heterocycles. The Morgan fingerprint density at radius 1 is 1.29 bits per heavy atom. The topological polar surface area (TPSA) is 28.7 Å². The SMILES string of the molecule is CC1CCCC1c1nc2c(F)cc(F)cc2[nH]1. The molecule has 1 aliphatic rings. The predicted octanol–water partition coefficient (Wildman–Crippen LogP) is 3.74. The van der Waals surface area contributed by atoms with Gasteiger partial charge >= 0.3 is 0 Å². The zero-order valence-electron chi connectivity index (χ0n) is 9.63. The monoisotopic (exact) mass is 236 g/mol. The average molecular weight is 236 g/mol. The molecule has 1 heterocycles. The Bertz CT molecular complexity index is 562. The number of H-pyrrole nitrogens is 1. The largest absolute Gasteiger partial charge is 0.342 e. The number of halogens is 2. The molecule has 1 aromatic carbocycles. The van der Waals surface area contributed by atoms with Crippen LogP contribution >= 0.6 is 0 Å². The Morgan fingerprint density at radius 2 is 2.12 bits per heavy atom. The molecule has 90 valence electrons. The molecule has 0 spiro atoms. The lowest BCUT2D eigenvalue weighted by Crippen LogP contribution is -2.03. The minimum Gasteiger partial charge on any atom is -0.342 e. The summed E-state index contributed by atoms with van der Waals surface area (Å²) in [4.78, 5) is 7.35. The molecular weight excluding hydrogens is 222 g/mol. The Labute approximate surface area is 98.1 Å². The van der Waals surface area contributed by atoms with Crippen LogP contribution in [0.5, 0.6) is 0 Å². The third kappa shape index (κ3) is 1.72. The number of benzene rings is 1. The van der Waals surface area contributed by atoms with E-state index in [0.29, 0.717) is 17.4 Å². The average Bonchev–Trinajstić information content (AvgIpc) is 2.83. The van der Waals surface area contributed by atoms with E-state index in [1.54, 1.807) is 0 Å². The quantitative estimate of drug-likeness (QED) is 0.802. The lowest BCUT2D eigenvalue weighted by molar-refractivity contribution is 0.514. The van der Waals surface area contributed by atoms with Gasteiger partial charge in [-0.2, -0.15) is 0 Å². The van der Waals surface area contributed by atoms with Crippen molar-refractivity contribution in [1.29, 1.82) is 0 Å². The minimum atomic E-state index is -0.590. The molecule has 2 unspecified atom stereocenters. The number of nitrogens with zero attached hydrogens (tertiary/aromatic N) is 1. The molecule has 0 bridgehead atoms. The Morgan fingerprint density at radius 3 is 2.82 bits per heavy atom. The summed E-state index contributed by atoms with van der Waals surface area (Å²) in [5.41, 5.74) is 0.706. The van der Waals surface area contributed by atoms with Crippen molar-refractivity contribution in [2.45, 2.75) is 32.1 Å². The smallest absolute Gasteiger partial charge is 0.153 e. The fourth-order valence-corrected chi connectivity index (χ4v) is 2.79. The second-order valence-corrected chi connectivity index (χ2v) is 4.92. The first kappa shape index (κ1) is 10.7. The van der Waals surface area contributed by atoms with Gasteiger partial charge in [0.2, 0.25) is 0 Å².